The molecule has 0 saturated carbocycles. The van der Waals surface area contributed by atoms with Crippen LogP contribution in [0.4, 0.5) is 0 Å². The molecule has 0 aromatic carbocycles. The lowest BCUT2D eigenvalue weighted by molar-refractivity contribution is -0.126. The zero-order valence-electron chi connectivity index (χ0n) is 16.5. The molecular formula is C14H22N8O5. The van der Waals surface area contributed by atoms with Crippen LogP contribution < -0.4 is 10.6 Å². The highest BCUT2D eigenvalue weighted by atomic mass is 16.5. The lowest BCUT2D eigenvalue weighted by atomic mass is 10.5. The molecule has 0 fully saturated rings. The van der Waals surface area contributed by atoms with Gasteiger partial charge in [0, 0.05) is 25.5 Å². The summed E-state index contributed by atoms with van der Waals surface area (Å²) in [5.41, 5.74) is 0.924. The summed E-state index contributed by atoms with van der Waals surface area (Å²) < 4.78 is 29.9. The fourth-order valence-corrected chi connectivity index (χ4v) is 1.76. The average Bonchev–Trinajstić information content (AvgIpc) is 3.29. The average molecular weight is 384 g/mol. The Labute approximate surface area is 157 Å². The minimum absolute atomic E-state index is 0.0938. The molecule has 0 saturated heterocycles. The summed E-state index contributed by atoms with van der Waals surface area (Å²) in [6, 6.07) is 0. The van der Waals surface area contributed by atoms with Crippen LogP contribution in [0.5, 0.6) is 0 Å². The SMILES string of the molecule is [2H]n1cc(COCC(=O)NCCOCCNC(=O)COCc2cn([2H])nn2)nn1. The van der Waals surface area contributed by atoms with E-state index >= 15 is 0 Å². The Morgan fingerprint density at radius 1 is 0.889 bits per heavy atom. The normalized spacial score (nSPS) is 11.7. The summed E-state index contributed by atoms with van der Waals surface area (Å²) in [5.74, 6) is -0.606. The lowest BCUT2D eigenvalue weighted by Gasteiger charge is -2.08. The Morgan fingerprint density at radius 3 is 1.78 bits per heavy atom. The standard InChI is InChI=1S/C14H22N8O5/c23-13(9-26-7-11-5-17-21-19-11)15-1-3-25-4-2-16-14(24)10-27-8-12-6-18-22-20-12/h5-6H,1-4,7-10H2,(H,15,23)(H,16,24)(H,17,19,21)(H,18,20,22)/i/hD2. The van der Waals surface area contributed by atoms with Crippen molar-refractivity contribution < 1.29 is 26.6 Å². The van der Waals surface area contributed by atoms with Gasteiger partial charge in [-0.1, -0.05) is 10.4 Å². The first-order valence-electron chi connectivity index (χ1n) is 9.00. The maximum absolute atomic E-state index is 11.6. The quantitative estimate of drug-likeness (QED) is 0.267. The highest BCUT2D eigenvalue weighted by molar-refractivity contribution is 5.77. The van der Waals surface area contributed by atoms with Gasteiger partial charge in [0.2, 0.25) is 11.8 Å². The molecule has 2 rings (SSSR count). The first kappa shape index (κ1) is 17.5. The Kier molecular flexibility index (Phi) is 8.08. The van der Waals surface area contributed by atoms with Crippen LogP contribution in [0, 0.1) is 0 Å². The van der Waals surface area contributed by atoms with E-state index in [1.165, 1.54) is 12.4 Å². The first-order valence-corrected chi connectivity index (χ1v) is 8.10. The summed E-state index contributed by atoms with van der Waals surface area (Å²) >= 11 is 0. The number of hydrogen-bond donors (Lipinski definition) is 4. The molecule has 2 aromatic rings. The van der Waals surface area contributed by atoms with E-state index in [1.54, 1.807) is 0 Å². The monoisotopic (exact) mass is 384 g/mol. The predicted molar refractivity (Wildman–Crippen MR) is 88.9 cm³/mol. The van der Waals surface area contributed by atoms with Crippen molar-refractivity contribution in [2.45, 2.75) is 13.2 Å². The Balaban J connectivity index is 1.37. The molecule has 27 heavy (non-hydrogen) atoms. The highest BCUT2D eigenvalue weighted by Crippen LogP contribution is 1.92. The number of hydrogen-bond acceptors (Lipinski definition) is 9. The van der Waals surface area contributed by atoms with E-state index < -0.39 is 0 Å². The molecule has 0 aliphatic carbocycles. The predicted octanol–water partition coefficient (Wildman–Crippen LogP) is -2.09. The number of carbonyl (C=O) groups excluding carboxylic acids is 2. The van der Waals surface area contributed by atoms with Gasteiger partial charge in [-0.15, -0.1) is 10.2 Å². The van der Waals surface area contributed by atoms with E-state index in [-0.39, 0.29) is 51.5 Å². The van der Waals surface area contributed by atoms with E-state index in [4.69, 9.17) is 17.0 Å². The number of amides is 2. The highest BCUT2D eigenvalue weighted by Gasteiger charge is 2.04. The van der Waals surface area contributed by atoms with Crippen LogP contribution >= 0.6 is 0 Å². The van der Waals surface area contributed by atoms with Crippen molar-refractivity contribution in [1.29, 1.82) is 0 Å². The lowest BCUT2D eigenvalue weighted by Crippen LogP contribution is -2.33. The van der Waals surface area contributed by atoms with E-state index in [2.05, 4.69) is 31.3 Å². The van der Waals surface area contributed by atoms with Crippen molar-refractivity contribution >= 4 is 11.8 Å². The first-order chi connectivity index (χ1) is 14.0. The number of nitrogens with one attached hydrogen (secondary N) is 4. The summed E-state index contributed by atoms with van der Waals surface area (Å²) in [7, 11) is 0. The maximum Gasteiger partial charge on any atom is 0.246 e. The number of carbonyl (C=O) groups is 2. The van der Waals surface area contributed by atoms with Gasteiger partial charge in [0.25, 0.3) is 0 Å². The van der Waals surface area contributed by atoms with E-state index in [1.807, 2.05) is 0 Å². The van der Waals surface area contributed by atoms with E-state index in [9.17, 15) is 9.59 Å². The van der Waals surface area contributed by atoms with Crippen molar-refractivity contribution in [3.63, 3.8) is 0 Å². The zero-order chi connectivity index (χ0) is 20.9. The van der Waals surface area contributed by atoms with Crippen molar-refractivity contribution in [1.82, 2.24) is 41.4 Å². The van der Waals surface area contributed by atoms with E-state index in [0.29, 0.717) is 24.5 Å². The molecule has 2 amide bonds. The fourth-order valence-electron chi connectivity index (χ4n) is 1.76. The third-order valence-electron chi connectivity index (χ3n) is 2.97. The van der Waals surface area contributed by atoms with Gasteiger partial charge in [0.1, 0.15) is 24.6 Å². The van der Waals surface area contributed by atoms with Gasteiger partial charge >= 0.3 is 0 Å². The summed E-state index contributed by atoms with van der Waals surface area (Å²) in [6.07, 6.45) is 2.75. The molecule has 0 radical (unpaired) electrons. The van der Waals surface area contributed by atoms with Crippen molar-refractivity contribution in [2.75, 3.05) is 39.5 Å². The smallest absolute Gasteiger partial charge is 0.246 e. The molecule has 0 unspecified atom stereocenters. The van der Waals surface area contributed by atoms with Crippen molar-refractivity contribution in [3.05, 3.63) is 23.8 Å². The topological polar surface area (TPSA) is 169 Å². The summed E-state index contributed by atoms with van der Waals surface area (Å²) in [6.45, 7) is 1.09. The molecule has 2 heterocycles. The second-order valence-electron chi connectivity index (χ2n) is 5.15. The molecule has 0 spiro atoms. The maximum atomic E-state index is 11.6. The Morgan fingerprint density at radius 2 is 1.37 bits per heavy atom. The van der Waals surface area contributed by atoms with Crippen LogP contribution in [0.3, 0.4) is 0 Å². The van der Waals surface area contributed by atoms with Crippen molar-refractivity contribution in [3.8, 4) is 0 Å². The van der Waals surface area contributed by atoms with Crippen LogP contribution in [0.1, 0.15) is 11.4 Å². The molecule has 0 bridgehead atoms. The zero-order valence-corrected chi connectivity index (χ0v) is 14.5. The number of nitrogens with zero attached hydrogens (tertiary/aromatic N) is 4. The van der Waals surface area contributed by atoms with Gasteiger partial charge in [0.15, 0.2) is 2.82 Å². The van der Waals surface area contributed by atoms with Crippen molar-refractivity contribution in [2.24, 2.45) is 0 Å². The molecule has 0 atom stereocenters. The number of aromatic nitrogens is 6. The number of aromatic amines is 2. The summed E-state index contributed by atoms with van der Waals surface area (Å²) in [4.78, 5) is 23.1. The fraction of sp³-hybridized carbons (Fsp3) is 0.571. The second-order valence-corrected chi connectivity index (χ2v) is 5.15. The summed E-state index contributed by atoms with van der Waals surface area (Å²) in [5, 5.41) is 21.0. The molecule has 148 valence electrons. The van der Waals surface area contributed by atoms with E-state index in [0.717, 1.165) is 10.2 Å². The van der Waals surface area contributed by atoms with Crippen LogP contribution in [-0.2, 0) is 37.0 Å². The second kappa shape index (κ2) is 12.5. The van der Waals surface area contributed by atoms with Crippen LogP contribution in [-0.4, -0.2) is 82.1 Å². The van der Waals surface area contributed by atoms with Gasteiger partial charge in [-0.3, -0.25) is 19.8 Å². The van der Waals surface area contributed by atoms with Gasteiger partial charge in [0.05, 0.1) is 26.4 Å². The molecule has 0 aliphatic rings. The molecule has 13 heteroatoms. The Bertz CT molecular complexity index is 709. The molecular weight excluding hydrogens is 360 g/mol. The molecule has 4 N–H and O–H groups in total. The van der Waals surface area contributed by atoms with Gasteiger partial charge in [-0.05, 0) is 0 Å². The van der Waals surface area contributed by atoms with Gasteiger partial charge in [-0.25, -0.2) is 0 Å². The number of ether oxygens (including phenoxy) is 3. The van der Waals surface area contributed by atoms with Crippen LogP contribution in [0.2, 0.25) is 2.82 Å². The molecule has 2 aromatic heterocycles. The number of rotatable bonds is 14. The molecule has 13 nitrogen and oxygen atoms in total. The minimum Gasteiger partial charge on any atom is -0.378 e. The largest absolute Gasteiger partial charge is 0.378 e. The van der Waals surface area contributed by atoms with Crippen LogP contribution in [0.25, 0.3) is 0 Å². The van der Waals surface area contributed by atoms with Crippen LogP contribution in [0.15, 0.2) is 12.4 Å². The van der Waals surface area contributed by atoms with Gasteiger partial charge in [-0.2, -0.15) is 0 Å². The van der Waals surface area contributed by atoms with Gasteiger partial charge < -0.3 is 24.8 Å². The number of H-pyrrole nitrogens is 2. The Hall–Kier alpha value is -2.90. The molecule has 0 aliphatic heterocycles. The third kappa shape index (κ3) is 9.39. The third-order valence-corrected chi connectivity index (χ3v) is 2.97. The minimum atomic E-state index is -0.303.